The molecule has 0 aliphatic carbocycles. The maximum atomic E-state index is 9.95. The molecule has 0 aromatic carbocycles. The number of hydrogen-bond acceptors (Lipinski definition) is 14. The van der Waals surface area contributed by atoms with Crippen molar-refractivity contribution in [3.8, 4) is 0 Å². The van der Waals surface area contributed by atoms with Crippen molar-refractivity contribution < 1.29 is 70.2 Å². The number of carboxylic acids is 2. The van der Waals surface area contributed by atoms with Crippen molar-refractivity contribution in [3.63, 3.8) is 0 Å². The predicted molar refractivity (Wildman–Crippen MR) is 76.0 cm³/mol. The van der Waals surface area contributed by atoms with Gasteiger partial charge in [-0.15, -0.1) is 0 Å². The van der Waals surface area contributed by atoms with E-state index in [0.29, 0.717) is 0 Å². The molecule has 14 nitrogen and oxygen atoms in total. The van der Waals surface area contributed by atoms with Gasteiger partial charge in [-0.1, -0.05) is 0 Å². The summed E-state index contributed by atoms with van der Waals surface area (Å²) in [6, 6.07) is 0. The summed E-state index contributed by atoms with van der Waals surface area (Å²) in [5.41, 5.74) is 0. The zero-order valence-electron chi connectivity index (χ0n) is 13.5. The van der Waals surface area contributed by atoms with Crippen molar-refractivity contribution >= 4 is 62.2 Å². The Hall–Kier alpha value is -0.780. The van der Waals surface area contributed by atoms with Crippen molar-refractivity contribution in [2.24, 2.45) is 0 Å². The molecule has 0 amide bonds. The minimum atomic E-state index is -2.36. The van der Waals surface area contributed by atoms with Crippen LogP contribution in [0.25, 0.3) is 0 Å². The SMILES string of the molecule is O=CC(O)C(O)C(O)C(O)C(=O)[O-].O=CC(O)C(O)C(O)C(O)C(=O)[O-].[Ca+2]. The van der Waals surface area contributed by atoms with Crippen LogP contribution in [-0.4, -0.2) is 152 Å². The normalized spacial score (nSPS) is 19.3. The van der Waals surface area contributed by atoms with Crippen LogP contribution in [0.2, 0.25) is 0 Å². The summed E-state index contributed by atoms with van der Waals surface area (Å²) >= 11 is 0. The fourth-order valence-corrected chi connectivity index (χ4v) is 1.22. The van der Waals surface area contributed by atoms with Crippen LogP contribution < -0.4 is 10.2 Å². The second-order valence-electron chi connectivity index (χ2n) is 4.74. The minimum absolute atomic E-state index is 0. The van der Waals surface area contributed by atoms with Gasteiger partial charge in [0.1, 0.15) is 48.8 Å². The van der Waals surface area contributed by atoms with Gasteiger partial charge in [-0.3, -0.25) is 0 Å². The predicted octanol–water partition coefficient (Wildman–Crippen LogP) is -9.62. The van der Waals surface area contributed by atoms with Crippen molar-refractivity contribution in [3.05, 3.63) is 0 Å². The molecule has 8 unspecified atom stereocenters. The first-order chi connectivity index (χ1) is 11.8. The first kappa shape index (κ1) is 30.9. The Balaban J connectivity index is -0.000000411. The fourth-order valence-electron chi connectivity index (χ4n) is 1.22. The maximum Gasteiger partial charge on any atom is 2.00 e. The van der Waals surface area contributed by atoms with Gasteiger partial charge in [0.15, 0.2) is 12.6 Å². The van der Waals surface area contributed by atoms with Gasteiger partial charge >= 0.3 is 37.7 Å². The molecule has 8 N–H and O–H groups in total. The largest absolute Gasteiger partial charge is 2.00 e. The van der Waals surface area contributed by atoms with Crippen LogP contribution >= 0.6 is 0 Å². The van der Waals surface area contributed by atoms with Crippen molar-refractivity contribution in [2.75, 3.05) is 0 Å². The molecule has 0 bridgehead atoms. The van der Waals surface area contributed by atoms with Gasteiger partial charge in [0.2, 0.25) is 0 Å². The Bertz CT molecular complexity index is 431. The van der Waals surface area contributed by atoms with Gasteiger partial charge in [-0.25, -0.2) is 0 Å². The van der Waals surface area contributed by atoms with E-state index in [0.717, 1.165) is 0 Å². The van der Waals surface area contributed by atoms with E-state index in [9.17, 15) is 29.4 Å². The number of carbonyl (C=O) groups is 4. The van der Waals surface area contributed by atoms with E-state index in [4.69, 9.17) is 40.9 Å². The smallest absolute Gasteiger partial charge is 0.547 e. The molecule has 15 heteroatoms. The van der Waals surface area contributed by atoms with E-state index in [2.05, 4.69) is 0 Å². The average Bonchev–Trinajstić information content (AvgIpc) is 2.62. The van der Waals surface area contributed by atoms with Crippen molar-refractivity contribution in [1.82, 2.24) is 0 Å². The van der Waals surface area contributed by atoms with Crippen LogP contribution in [-0.2, 0) is 19.2 Å². The molecule has 0 aliphatic heterocycles. The molecule has 8 atom stereocenters. The van der Waals surface area contributed by atoms with E-state index >= 15 is 0 Å². The monoisotopic (exact) mass is 426 g/mol. The van der Waals surface area contributed by atoms with Crippen LogP contribution in [0.3, 0.4) is 0 Å². The van der Waals surface area contributed by atoms with Crippen LogP contribution in [0.1, 0.15) is 0 Å². The molecule has 0 saturated carbocycles. The Labute approximate surface area is 180 Å². The number of hydrogen-bond donors (Lipinski definition) is 8. The average molecular weight is 426 g/mol. The van der Waals surface area contributed by atoms with E-state index in [1.165, 1.54) is 0 Å². The summed E-state index contributed by atoms with van der Waals surface area (Å²) in [4.78, 5) is 39.7. The van der Waals surface area contributed by atoms with E-state index in [1.54, 1.807) is 0 Å². The molecule has 0 aromatic rings. The number of rotatable bonds is 10. The Morgan fingerprint density at radius 3 is 0.963 bits per heavy atom. The standard InChI is InChI=1S/2C6H10O7.Ca/c2*7-1-2(8)3(9)4(10)5(11)6(12)13;/h2*1-5,8-11H,(H,12,13);/q;;+2/p-2. The molecule has 0 radical (unpaired) electrons. The summed E-state index contributed by atoms with van der Waals surface area (Å²) in [5.74, 6) is -4.02. The van der Waals surface area contributed by atoms with Gasteiger partial charge in [0.05, 0.1) is 11.9 Å². The van der Waals surface area contributed by atoms with E-state index < -0.39 is 60.8 Å². The maximum absolute atomic E-state index is 9.95. The van der Waals surface area contributed by atoms with Gasteiger partial charge in [0, 0.05) is 0 Å². The second kappa shape index (κ2) is 15.2. The van der Waals surface area contributed by atoms with Gasteiger partial charge in [-0.2, -0.15) is 0 Å². The molecule has 0 saturated heterocycles. The first-order valence-electron chi connectivity index (χ1n) is 6.60. The third kappa shape index (κ3) is 11.0. The summed E-state index contributed by atoms with van der Waals surface area (Å²) in [6.07, 6.45) is -17.3. The summed E-state index contributed by atoms with van der Waals surface area (Å²) in [5, 5.41) is 89.7. The summed E-state index contributed by atoms with van der Waals surface area (Å²) in [6.45, 7) is 0. The molecule has 0 heterocycles. The molecule has 0 fully saturated rings. The first-order valence-corrected chi connectivity index (χ1v) is 6.60. The molecule has 0 aliphatic rings. The number of aldehydes is 2. The molecule has 0 spiro atoms. The Kier molecular flexibility index (Phi) is 17.4. The number of aliphatic carboxylic acids is 2. The van der Waals surface area contributed by atoms with Gasteiger partial charge in [0.25, 0.3) is 0 Å². The third-order valence-electron chi connectivity index (χ3n) is 2.81. The molecule has 152 valence electrons. The molecule has 0 rings (SSSR count). The Morgan fingerprint density at radius 1 is 0.593 bits per heavy atom. The number of carboxylic acid groups (broad SMARTS) is 2. The van der Waals surface area contributed by atoms with Gasteiger partial charge in [-0.05, 0) is 0 Å². The number of aliphatic hydroxyl groups is 8. The molecular weight excluding hydrogens is 408 g/mol. The summed E-state index contributed by atoms with van der Waals surface area (Å²) in [7, 11) is 0. The van der Waals surface area contributed by atoms with E-state index in [1.807, 2.05) is 0 Å². The minimum Gasteiger partial charge on any atom is -0.547 e. The van der Waals surface area contributed by atoms with Crippen LogP contribution in [0, 0.1) is 0 Å². The van der Waals surface area contributed by atoms with Crippen LogP contribution in [0.5, 0.6) is 0 Å². The Morgan fingerprint density at radius 2 is 0.815 bits per heavy atom. The van der Waals surface area contributed by atoms with E-state index in [-0.39, 0.29) is 50.3 Å². The topological polar surface area (TPSA) is 276 Å². The van der Waals surface area contributed by atoms with Crippen molar-refractivity contribution in [1.29, 1.82) is 0 Å². The van der Waals surface area contributed by atoms with Crippen LogP contribution in [0.15, 0.2) is 0 Å². The molecule has 0 aromatic heterocycles. The number of carbonyl (C=O) groups excluding carboxylic acids is 4. The van der Waals surface area contributed by atoms with Crippen LogP contribution in [0.4, 0.5) is 0 Å². The van der Waals surface area contributed by atoms with Gasteiger partial charge < -0.3 is 70.2 Å². The zero-order valence-corrected chi connectivity index (χ0v) is 15.7. The third-order valence-corrected chi connectivity index (χ3v) is 2.81. The summed E-state index contributed by atoms with van der Waals surface area (Å²) < 4.78 is 0. The van der Waals surface area contributed by atoms with Crippen molar-refractivity contribution in [2.45, 2.75) is 48.8 Å². The molecular formula is C12H18CaO14. The molecule has 27 heavy (non-hydrogen) atoms. The second-order valence-corrected chi connectivity index (χ2v) is 4.74. The number of aliphatic hydroxyl groups excluding tert-OH is 8. The quantitative estimate of drug-likeness (QED) is 0.119. The zero-order chi connectivity index (χ0) is 21.2. The fraction of sp³-hybridized carbons (Fsp3) is 0.667.